The number of amides is 1. The van der Waals surface area contributed by atoms with Gasteiger partial charge >= 0.3 is 18.0 Å². The largest absolute Gasteiger partial charge is 0.481 e. The molecule has 2 unspecified atom stereocenters. The Labute approximate surface area is 182 Å². The summed E-state index contributed by atoms with van der Waals surface area (Å²) in [5.74, 6) is 4.72. The molecule has 1 amide bonds. The molecule has 1 aliphatic heterocycles. The zero-order valence-corrected chi connectivity index (χ0v) is 18.7. The molecule has 0 bridgehead atoms. The molecule has 1 aliphatic rings. The Morgan fingerprint density at radius 3 is 2.39 bits per heavy atom. The maximum Gasteiger partial charge on any atom is 0.411 e. The van der Waals surface area contributed by atoms with E-state index in [-0.39, 0.29) is 29.7 Å². The standard InChI is InChI=1S/C22H28N2O7/c1-22(2,3)31-21(27)24-13-14(19(25)29-5)7-8-15(24)9-11-17-16(20(26)30-6)10-12-18(23-17)28-4/h10,12,14-15H,7-8,13H2,1-6H3. The molecule has 0 saturated carbocycles. The first-order valence-electron chi connectivity index (χ1n) is 9.82. The number of likely N-dealkylation sites (tertiary alicyclic amines) is 1. The van der Waals surface area contributed by atoms with Crippen molar-refractivity contribution in [2.24, 2.45) is 5.92 Å². The minimum Gasteiger partial charge on any atom is -0.481 e. The second-order valence-corrected chi connectivity index (χ2v) is 7.96. The molecule has 2 atom stereocenters. The monoisotopic (exact) mass is 432 g/mol. The first kappa shape index (κ1) is 24.0. The van der Waals surface area contributed by atoms with Crippen LogP contribution in [0.15, 0.2) is 12.1 Å². The maximum atomic E-state index is 12.8. The number of piperidine rings is 1. The lowest BCUT2D eigenvalue weighted by Gasteiger charge is -2.37. The van der Waals surface area contributed by atoms with Crippen LogP contribution in [0.4, 0.5) is 4.79 Å². The Morgan fingerprint density at radius 1 is 1.10 bits per heavy atom. The molecule has 9 nitrogen and oxygen atoms in total. The van der Waals surface area contributed by atoms with Gasteiger partial charge in [-0.3, -0.25) is 9.69 Å². The maximum absolute atomic E-state index is 12.8. The van der Waals surface area contributed by atoms with Crippen molar-refractivity contribution in [2.75, 3.05) is 27.9 Å². The van der Waals surface area contributed by atoms with E-state index in [0.29, 0.717) is 12.8 Å². The van der Waals surface area contributed by atoms with E-state index in [0.717, 1.165) is 0 Å². The molecule has 2 rings (SSSR count). The average Bonchev–Trinajstić information content (AvgIpc) is 2.74. The van der Waals surface area contributed by atoms with Gasteiger partial charge in [-0.05, 0) is 45.6 Å². The number of nitrogens with zero attached hydrogens (tertiary/aromatic N) is 2. The average molecular weight is 432 g/mol. The van der Waals surface area contributed by atoms with Gasteiger partial charge in [0.15, 0.2) is 0 Å². The van der Waals surface area contributed by atoms with E-state index in [1.54, 1.807) is 20.8 Å². The van der Waals surface area contributed by atoms with E-state index in [1.807, 2.05) is 0 Å². The minimum atomic E-state index is -0.709. The van der Waals surface area contributed by atoms with Crippen LogP contribution in [0.3, 0.4) is 0 Å². The Kier molecular flexibility index (Phi) is 7.86. The van der Waals surface area contributed by atoms with Crippen LogP contribution >= 0.6 is 0 Å². The summed E-state index contributed by atoms with van der Waals surface area (Å²) in [5.41, 5.74) is -0.354. The lowest BCUT2D eigenvalue weighted by atomic mass is 9.93. The number of ether oxygens (including phenoxy) is 4. The number of pyridine rings is 1. The Hall–Kier alpha value is -3.28. The van der Waals surface area contributed by atoms with Gasteiger partial charge in [0.05, 0.1) is 38.9 Å². The van der Waals surface area contributed by atoms with Gasteiger partial charge in [0.1, 0.15) is 11.3 Å². The van der Waals surface area contributed by atoms with Crippen LogP contribution in [0, 0.1) is 17.8 Å². The summed E-state index contributed by atoms with van der Waals surface area (Å²) < 4.78 is 20.2. The van der Waals surface area contributed by atoms with Crippen molar-refractivity contribution < 1.29 is 33.3 Å². The number of aromatic nitrogens is 1. The van der Waals surface area contributed by atoms with Gasteiger partial charge in [0.25, 0.3) is 0 Å². The summed E-state index contributed by atoms with van der Waals surface area (Å²) >= 11 is 0. The molecule has 1 fully saturated rings. The fourth-order valence-corrected chi connectivity index (χ4v) is 3.08. The van der Waals surface area contributed by atoms with Crippen LogP contribution < -0.4 is 4.74 Å². The molecule has 2 heterocycles. The van der Waals surface area contributed by atoms with Crippen molar-refractivity contribution in [2.45, 2.75) is 45.3 Å². The third kappa shape index (κ3) is 6.35. The van der Waals surface area contributed by atoms with Gasteiger partial charge in [0, 0.05) is 12.6 Å². The van der Waals surface area contributed by atoms with Gasteiger partial charge in [-0.2, -0.15) is 0 Å². The third-order valence-corrected chi connectivity index (χ3v) is 4.59. The van der Waals surface area contributed by atoms with Crippen molar-refractivity contribution in [3.8, 4) is 17.7 Å². The third-order valence-electron chi connectivity index (χ3n) is 4.59. The highest BCUT2D eigenvalue weighted by molar-refractivity contribution is 5.91. The molecule has 0 aromatic carbocycles. The zero-order valence-electron chi connectivity index (χ0n) is 18.7. The molecule has 168 valence electrons. The predicted octanol–water partition coefficient (Wildman–Crippen LogP) is 2.42. The summed E-state index contributed by atoms with van der Waals surface area (Å²) in [5, 5.41) is 0. The molecule has 9 heteroatoms. The van der Waals surface area contributed by atoms with Gasteiger partial charge in [-0.25, -0.2) is 14.6 Å². The molecule has 0 radical (unpaired) electrons. The molecule has 31 heavy (non-hydrogen) atoms. The number of rotatable bonds is 3. The van der Waals surface area contributed by atoms with Crippen LogP contribution in [0.5, 0.6) is 5.88 Å². The quantitative estimate of drug-likeness (QED) is 0.407. The zero-order chi connectivity index (χ0) is 23.2. The van der Waals surface area contributed by atoms with E-state index >= 15 is 0 Å². The van der Waals surface area contributed by atoms with Gasteiger partial charge in [-0.15, -0.1) is 0 Å². The molecular formula is C22H28N2O7. The normalized spacial score (nSPS) is 18.3. The highest BCUT2D eigenvalue weighted by Gasteiger charge is 2.36. The molecule has 0 spiro atoms. The van der Waals surface area contributed by atoms with E-state index in [4.69, 9.17) is 18.9 Å². The van der Waals surface area contributed by atoms with Gasteiger partial charge in [0.2, 0.25) is 5.88 Å². The summed E-state index contributed by atoms with van der Waals surface area (Å²) in [6.45, 7) is 5.40. The van der Waals surface area contributed by atoms with Gasteiger partial charge in [-0.1, -0.05) is 5.92 Å². The number of hydrogen-bond donors (Lipinski definition) is 0. The van der Waals surface area contributed by atoms with E-state index in [9.17, 15) is 14.4 Å². The van der Waals surface area contributed by atoms with Crippen LogP contribution in [0.1, 0.15) is 49.7 Å². The SMILES string of the molecule is COC(=O)c1ccc(OC)nc1C#CC1CCC(C(=O)OC)CN1C(=O)OC(C)(C)C. The van der Waals surface area contributed by atoms with E-state index < -0.39 is 29.6 Å². The Morgan fingerprint density at radius 2 is 1.81 bits per heavy atom. The predicted molar refractivity (Wildman–Crippen MR) is 110 cm³/mol. The Balaban J connectivity index is 2.38. The molecule has 1 saturated heterocycles. The van der Waals surface area contributed by atoms with Crippen LogP contribution in [-0.4, -0.2) is 67.4 Å². The molecule has 0 N–H and O–H groups in total. The molecular weight excluding hydrogens is 404 g/mol. The van der Waals surface area contributed by atoms with Crippen molar-refractivity contribution in [3.05, 3.63) is 23.4 Å². The highest BCUT2D eigenvalue weighted by Crippen LogP contribution is 2.25. The van der Waals surface area contributed by atoms with Crippen molar-refractivity contribution in [3.63, 3.8) is 0 Å². The van der Waals surface area contributed by atoms with E-state index in [1.165, 1.54) is 38.4 Å². The fourth-order valence-electron chi connectivity index (χ4n) is 3.08. The molecule has 0 aliphatic carbocycles. The summed E-state index contributed by atoms with van der Waals surface area (Å²) in [6, 6.07) is 2.52. The lowest BCUT2D eigenvalue weighted by molar-refractivity contribution is -0.147. The smallest absolute Gasteiger partial charge is 0.411 e. The number of esters is 2. The second kappa shape index (κ2) is 10.2. The minimum absolute atomic E-state index is 0.121. The van der Waals surface area contributed by atoms with Crippen LogP contribution in [0.2, 0.25) is 0 Å². The first-order chi connectivity index (χ1) is 14.6. The van der Waals surface area contributed by atoms with Crippen LogP contribution in [0.25, 0.3) is 0 Å². The number of methoxy groups -OCH3 is 3. The summed E-state index contributed by atoms with van der Waals surface area (Å²) in [4.78, 5) is 42.5. The Bertz CT molecular complexity index is 895. The van der Waals surface area contributed by atoms with E-state index in [2.05, 4.69) is 16.8 Å². The highest BCUT2D eigenvalue weighted by atomic mass is 16.6. The number of carbonyl (C=O) groups is 3. The molecule has 1 aromatic rings. The van der Waals surface area contributed by atoms with Crippen LogP contribution in [-0.2, 0) is 19.0 Å². The first-order valence-corrected chi connectivity index (χ1v) is 9.82. The topological polar surface area (TPSA) is 104 Å². The summed E-state index contributed by atoms with van der Waals surface area (Å²) in [7, 11) is 4.03. The fraction of sp³-hybridized carbons (Fsp3) is 0.545. The van der Waals surface area contributed by atoms with Crippen molar-refractivity contribution in [1.82, 2.24) is 9.88 Å². The number of hydrogen-bond acceptors (Lipinski definition) is 8. The summed E-state index contributed by atoms with van der Waals surface area (Å²) in [6.07, 6.45) is 0.358. The van der Waals surface area contributed by atoms with Gasteiger partial charge < -0.3 is 18.9 Å². The lowest BCUT2D eigenvalue weighted by Crippen LogP contribution is -2.50. The molecule has 1 aromatic heterocycles. The van der Waals surface area contributed by atoms with Crippen molar-refractivity contribution >= 4 is 18.0 Å². The second-order valence-electron chi connectivity index (χ2n) is 7.96. The van der Waals surface area contributed by atoms with Crippen molar-refractivity contribution in [1.29, 1.82) is 0 Å². The number of carbonyl (C=O) groups excluding carboxylic acids is 3.